The minimum Gasteiger partial charge on any atom is -0.383 e. The number of halogens is 1. The molecule has 160 valence electrons. The lowest BCUT2D eigenvalue weighted by Gasteiger charge is -2.18. The molecule has 0 radical (unpaired) electrons. The van der Waals surface area contributed by atoms with Crippen molar-refractivity contribution < 1.29 is 0 Å². The number of hydrogen-bond acceptors (Lipinski definition) is 5. The Morgan fingerprint density at radius 1 is 1.06 bits per heavy atom. The Hall–Kier alpha value is -3.27. The number of aromatic nitrogens is 5. The van der Waals surface area contributed by atoms with Gasteiger partial charge in [-0.25, -0.2) is 14.6 Å². The van der Waals surface area contributed by atoms with Crippen molar-refractivity contribution in [2.75, 3.05) is 5.73 Å². The third-order valence-electron chi connectivity index (χ3n) is 5.77. The van der Waals surface area contributed by atoms with Crippen molar-refractivity contribution in [1.29, 1.82) is 0 Å². The second-order valence-corrected chi connectivity index (χ2v) is 8.73. The smallest absolute Gasteiger partial charge is 0.263 e. The molecule has 0 fully saturated rings. The highest BCUT2D eigenvalue weighted by atomic mass is 127. The summed E-state index contributed by atoms with van der Waals surface area (Å²) in [6, 6.07) is 16.0. The third kappa shape index (κ3) is 3.26. The van der Waals surface area contributed by atoms with E-state index in [1.54, 1.807) is 4.68 Å². The van der Waals surface area contributed by atoms with Crippen LogP contribution in [-0.2, 0) is 13.0 Å². The summed E-state index contributed by atoms with van der Waals surface area (Å²) in [4.78, 5) is 22.3. The number of rotatable bonds is 4. The van der Waals surface area contributed by atoms with E-state index in [0.717, 1.165) is 48.8 Å². The zero-order chi connectivity index (χ0) is 22.4. The zero-order valence-corrected chi connectivity index (χ0v) is 19.9. The standard InChI is InChI=1S/C24H21IN6O/c1-3-15-8-4-5-10-18(15)31-17(11-16-9-6-7-14(2)19(16)24(31)32)12-30-23-20(21(25)29-30)22(26)27-13-28-23/h4-11,13H,3,12H2,1-2H3,(H2,26,27,28). The molecule has 0 bridgehead atoms. The van der Waals surface area contributed by atoms with E-state index in [9.17, 15) is 4.79 Å². The minimum atomic E-state index is -0.0307. The fourth-order valence-corrected chi connectivity index (χ4v) is 5.03. The van der Waals surface area contributed by atoms with Crippen LogP contribution < -0.4 is 11.3 Å². The van der Waals surface area contributed by atoms with E-state index in [0.29, 0.717) is 18.0 Å². The molecular weight excluding hydrogens is 515 g/mol. The van der Waals surface area contributed by atoms with Crippen LogP contribution in [0.25, 0.3) is 27.5 Å². The van der Waals surface area contributed by atoms with Crippen LogP contribution in [0.2, 0.25) is 0 Å². The number of pyridine rings is 1. The van der Waals surface area contributed by atoms with E-state index < -0.39 is 0 Å². The van der Waals surface area contributed by atoms with Crippen molar-refractivity contribution in [2.45, 2.75) is 26.8 Å². The zero-order valence-electron chi connectivity index (χ0n) is 17.7. The Balaban J connectivity index is 1.82. The summed E-state index contributed by atoms with van der Waals surface area (Å²) in [6.45, 7) is 4.44. The van der Waals surface area contributed by atoms with Crippen LogP contribution in [0.1, 0.15) is 23.7 Å². The molecular formula is C24H21IN6O. The predicted octanol–water partition coefficient (Wildman–Crippen LogP) is 4.24. The second-order valence-electron chi connectivity index (χ2n) is 7.70. The molecule has 5 rings (SSSR count). The van der Waals surface area contributed by atoms with Gasteiger partial charge in [0.2, 0.25) is 0 Å². The topological polar surface area (TPSA) is 91.6 Å². The van der Waals surface area contributed by atoms with Crippen LogP contribution in [0.4, 0.5) is 5.82 Å². The number of nitrogens with zero attached hydrogens (tertiary/aromatic N) is 5. The SMILES string of the molecule is CCc1ccccc1-n1c(Cn2nc(I)c3c(N)ncnc32)cc2cccc(C)c2c1=O. The maximum Gasteiger partial charge on any atom is 0.263 e. The third-order valence-corrected chi connectivity index (χ3v) is 6.53. The van der Waals surface area contributed by atoms with Crippen molar-refractivity contribution in [2.24, 2.45) is 0 Å². The predicted molar refractivity (Wildman–Crippen MR) is 135 cm³/mol. The van der Waals surface area contributed by atoms with Gasteiger partial charge in [0.25, 0.3) is 5.56 Å². The first-order valence-corrected chi connectivity index (χ1v) is 11.4. The lowest BCUT2D eigenvalue weighted by Crippen LogP contribution is -2.25. The summed E-state index contributed by atoms with van der Waals surface area (Å²) in [5.41, 5.74) is 10.5. The summed E-state index contributed by atoms with van der Waals surface area (Å²) in [5, 5.41) is 7.03. The van der Waals surface area contributed by atoms with E-state index in [4.69, 9.17) is 5.73 Å². The number of aryl methyl sites for hydroxylation is 2. The lowest BCUT2D eigenvalue weighted by molar-refractivity contribution is 0.664. The van der Waals surface area contributed by atoms with Crippen molar-refractivity contribution in [3.05, 3.63) is 85.7 Å². The highest BCUT2D eigenvalue weighted by molar-refractivity contribution is 14.1. The van der Waals surface area contributed by atoms with Crippen molar-refractivity contribution in [3.63, 3.8) is 0 Å². The van der Waals surface area contributed by atoms with Crippen LogP contribution in [0.15, 0.2) is 59.7 Å². The molecule has 0 amide bonds. The monoisotopic (exact) mass is 536 g/mol. The molecule has 0 unspecified atom stereocenters. The molecule has 0 aliphatic heterocycles. The number of anilines is 1. The summed E-state index contributed by atoms with van der Waals surface area (Å²) in [7, 11) is 0. The Bertz CT molecular complexity index is 1550. The Labute approximate surface area is 198 Å². The van der Waals surface area contributed by atoms with Gasteiger partial charge in [0.1, 0.15) is 15.8 Å². The molecule has 2 aromatic carbocycles. The molecule has 2 N–H and O–H groups in total. The molecule has 3 aromatic heterocycles. The number of hydrogen-bond donors (Lipinski definition) is 1. The van der Waals surface area contributed by atoms with E-state index in [1.165, 1.54) is 6.33 Å². The van der Waals surface area contributed by atoms with Crippen LogP contribution in [-0.4, -0.2) is 24.3 Å². The molecule has 0 saturated carbocycles. The van der Waals surface area contributed by atoms with Gasteiger partial charge in [-0.05, 0) is 64.6 Å². The molecule has 0 atom stereocenters. The summed E-state index contributed by atoms with van der Waals surface area (Å²) < 4.78 is 4.34. The molecule has 0 saturated heterocycles. The van der Waals surface area contributed by atoms with Gasteiger partial charge in [-0.15, -0.1) is 0 Å². The highest BCUT2D eigenvalue weighted by Gasteiger charge is 2.18. The summed E-state index contributed by atoms with van der Waals surface area (Å²) >= 11 is 2.14. The molecule has 5 aromatic rings. The van der Waals surface area contributed by atoms with Gasteiger partial charge >= 0.3 is 0 Å². The van der Waals surface area contributed by atoms with Gasteiger partial charge in [-0.3, -0.25) is 9.36 Å². The van der Waals surface area contributed by atoms with E-state index >= 15 is 0 Å². The van der Waals surface area contributed by atoms with Crippen LogP contribution in [0.5, 0.6) is 0 Å². The fourth-order valence-electron chi connectivity index (χ4n) is 4.25. The quantitative estimate of drug-likeness (QED) is 0.347. The number of para-hydroxylation sites is 1. The molecule has 0 spiro atoms. The molecule has 0 aliphatic rings. The molecule has 8 heteroatoms. The van der Waals surface area contributed by atoms with E-state index in [-0.39, 0.29) is 5.56 Å². The molecule has 32 heavy (non-hydrogen) atoms. The van der Waals surface area contributed by atoms with Gasteiger partial charge in [0, 0.05) is 5.69 Å². The van der Waals surface area contributed by atoms with Gasteiger partial charge < -0.3 is 5.73 Å². The summed E-state index contributed by atoms with van der Waals surface area (Å²) in [6.07, 6.45) is 2.26. The van der Waals surface area contributed by atoms with Crippen molar-refractivity contribution >= 4 is 50.2 Å². The average Bonchev–Trinajstić information content (AvgIpc) is 3.10. The maximum absolute atomic E-state index is 13.8. The molecule has 7 nitrogen and oxygen atoms in total. The van der Waals surface area contributed by atoms with E-state index in [2.05, 4.69) is 56.7 Å². The van der Waals surface area contributed by atoms with Crippen LogP contribution >= 0.6 is 22.6 Å². The number of nitrogens with two attached hydrogens (primary N) is 1. The molecule has 3 heterocycles. The van der Waals surface area contributed by atoms with Crippen LogP contribution in [0, 0.1) is 10.6 Å². The van der Waals surface area contributed by atoms with Gasteiger partial charge in [0.15, 0.2) is 5.65 Å². The normalized spacial score (nSPS) is 11.5. The first kappa shape index (κ1) is 20.6. The summed E-state index contributed by atoms with van der Waals surface area (Å²) in [5.74, 6) is 0.397. The van der Waals surface area contributed by atoms with Crippen LogP contribution in [0.3, 0.4) is 0 Å². The van der Waals surface area contributed by atoms with Gasteiger partial charge in [0.05, 0.1) is 23.0 Å². The first-order valence-electron chi connectivity index (χ1n) is 10.3. The Morgan fingerprint density at radius 2 is 1.88 bits per heavy atom. The van der Waals surface area contributed by atoms with E-state index in [1.807, 2.05) is 47.9 Å². The fraction of sp³-hybridized carbons (Fsp3) is 0.167. The number of benzene rings is 2. The number of fused-ring (bicyclic) bond motifs is 2. The molecule has 0 aliphatic carbocycles. The number of nitrogen functional groups attached to an aromatic ring is 1. The van der Waals surface area contributed by atoms with Gasteiger partial charge in [-0.2, -0.15) is 5.10 Å². The highest BCUT2D eigenvalue weighted by Crippen LogP contribution is 2.25. The second kappa shape index (κ2) is 8.01. The average molecular weight is 536 g/mol. The van der Waals surface area contributed by atoms with Crippen molar-refractivity contribution in [1.82, 2.24) is 24.3 Å². The first-order chi connectivity index (χ1) is 15.5. The Kier molecular flexibility index (Phi) is 5.16. The van der Waals surface area contributed by atoms with Gasteiger partial charge in [-0.1, -0.05) is 43.3 Å². The lowest BCUT2D eigenvalue weighted by atomic mass is 10.0. The minimum absolute atomic E-state index is 0.0307. The Morgan fingerprint density at radius 3 is 2.69 bits per heavy atom. The maximum atomic E-state index is 13.8. The van der Waals surface area contributed by atoms with Crippen molar-refractivity contribution in [3.8, 4) is 5.69 Å². The largest absolute Gasteiger partial charge is 0.383 e.